The Morgan fingerprint density at radius 3 is 2.71 bits per heavy atom. The molecule has 1 rings (SSSR count). The molecule has 0 aliphatic rings. The smallest absolute Gasteiger partial charge is 0.259 e. The molecule has 0 saturated heterocycles. The van der Waals surface area contributed by atoms with E-state index in [0.717, 1.165) is 6.42 Å². The van der Waals surface area contributed by atoms with E-state index >= 15 is 0 Å². The number of carbonyl (C=O) groups is 2. The molecule has 0 spiro atoms. The predicted octanol–water partition coefficient (Wildman–Crippen LogP) is 1.53. The number of hydrogen-bond donors (Lipinski definition) is 1. The molecule has 2 amide bonds. The van der Waals surface area contributed by atoms with Crippen LogP contribution in [0.5, 0.6) is 0 Å². The normalized spacial score (nSPS) is 10.1. The summed E-state index contributed by atoms with van der Waals surface area (Å²) >= 11 is 5.73. The van der Waals surface area contributed by atoms with Gasteiger partial charge in [-0.15, -0.1) is 0 Å². The van der Waals surface area contributed by atoms with Crippen LogP contribution in [-0.2, 0) is 4.79 Å². The van der Waals surface area contributed by atoms with Gasteiger partial charge in [0.2, 0.25) is 11.1 Å². The van der Waals surface area contributed by atoms with E-state index in [-0.39, 0.29) is 29.1 Å². The topological polar surface area (TPSA) is 62.6 Å². The third-order valence-electron chi connectivity index (χ3n) is 2.24. The summed E-state index contributed by atoms with van der Waals surface area (Å²) in [6.45, 7) is 2.44. The minimum Gasteiger partial charge on any atom is -0.452 e. The van der Waals surface area contributed by atoms with Crippen molar-refractivity contribution in [3.8, 4) is 0 Å². The zero-order valence-electron chi connectivity index (χ0n) is 9.83. The van der Waals surface area contributed by atoms with E-state index in [1.54, 1.807) is 0 Å². The van der Waals surface area contributed by atoms with E-state index in [4.69, 9.17) is 16.0 Å². The van der Waals surface area contributed by atoms with Crippen molar-refractivity contribution in [2.75, 3.05) is 20.1 Å². The van der Waals surface area contributed by atoms with Crippen molar-refractivity contribution in [2.45, 2.75) is 13.3 Å². The van der Waals surface area contributed by atoms with E-state index in [1.807, 2.05) is 6.92 Å². The van der Waals surface area contributed by atoms with Crippen molar-refractivity contribution < 1.29 is 14.0 Å². The van der Waals surface area contributed by atoms with E-state index in [1.165, 1.54) is 24.3 Å². The first-order chi connectivity index (χ1) is 8.10. The van der Waals surface area contributed by atoms with E-state index in [2.05, 4.69) is 5.32 Å². The third kappa shape index (κ3) is 3.49. The fourth-order valence-electron chi connectivity index (χ4n) is 1.39. The highest BCUT2D eigenvalue weighted by atomic mass is 35.5. The summed E-state index contributed by atoms with van der Waals surface area (Å²) in [4.78, 5) is 24.8. The number of furan rings is 1. The first-order valence-corrected chi connectivity index (χ1v) is 5.70. The van der Waals surface area contributed by atoms with Crippen LogP contribution in [0, 0.1) is 0 Å². The Labute approximate surface area is 105 Å². The summed E-state index contributed by atoms with van der Waals surface area (Å²) in [7, 11) is 1.53. The molecule has 0 aliphatic carbocycles. The van der Waals surface area contributed by atoms with Crippen molar-refractivity contribution in [3.63, 3.8) is 0 Å². The zero-order valence-corrected chi connectivity index (χ0v) is 10.6. The molecular formula is C11H15ClN2O3. The van der Waals surface area contributed by atoms with Crippen LogP contribution in [-0.4, -0.2) is 36.9 Å². The molecule has 0 bridgehead atoms. The molecule has 6 heteroatoms. The highest BCUT2D eigenvalue weighted by Crippen LogP contribution is 2.18. The average molecular weight is 259 g/mol. The lowest BCUT2D eigenvalue weighted by atomic mass is 10.2. The van der Waals surface area contributed by atoms with E-state index < -0.39 is 0 Å². The maximum absolute atomic E-state index is 12.1. The summed E-state index contributed by atoms with van der Waals surface area (Å²) in [6, 6.07) is 1.50. The molecule has 1 aromatic rings. The van der Waals surface area contributed by atoms with Crippen LogP contribution in [0.15, 0.2) is 16.7 Å². The number of likely N-dealkylation sites (N-methyl/N-ethyl adjacent to an activating group) is 1. The Hall–Kier alpha value is -1.49. The molecule has 94 valence electrons. The van der Waals surface area contributed by atoms with Crippen LogP contribution in [0.2, 0.25) is 5.22 Å². The first-order valence-electron chi connectivity index (χ1n) is 5.33. The number of nitrogens with one attached hydrogen (secondary N) is 1. The number of amides is 2. The standard InChI is InChI=1S/C11H15ClN2O3/c1-3-5-14(7-9(15)13-2)11(16)8-4-6-17-10(8)12/h4,6H,3,5,7H2,1-2H3,(H,13,15). The van der Waals surface area contributed by atoms with Crippen LogP contribution in [0.25, 0.3) is 0 Å². The van der Waals surface area contributed by atoms with Crippen molar-refractivity contribution >= 4 is 23.4 Å². The molecule has 0 aliphatic heterocycles. The second kappa shape index (κ2) is 6.30. The van der Waals surface area contributed by atoms with Gasteiger partial charge in [-0.05, 0) is 24.1 Å². The number of hydrogen-bond acceptors (Lipinski definition) is 3. The lowest BCUT2D eigenvalue weighted by molar-refractivity contribution is -0.121. The van der Waals surface area contributed by atoms with Crippen LogP contribution >= 0.6 is 11.6 Å². The Morgan fingerprint density at radius 1 is 1.53 bits per heavy atom. The highest BCUT2D eigenvalue weighted by Gasteiger charge is 2.21. The van der Waals surface area contributed by atoms with Crippen molar-refractivity contribution in [1.82, 2.24) is 10.2 Å². The number of carbonyl (C=O) groups excluding carboxylic acids is 2. The molecule has 1 aromatic heterocycles. The van der Waals surface area contributed by atoms with Gasteiger partial charge in [0, 0.05) is 13.6 Å². The monoisotopic (exact) mass is 258 g/mol. The second-order valence-electron chi connectivity index (χ2n) is 3.51. The number of rotatable bonds is 5. The molecule has 17 heavy (non-hydrogen) atoms. The summed E-state index contributed by atoms with van der Waals surface area (Å²) in [5.74, 6) is -0.513. The molecule has 0 atom stereocenters. The highest BCUT2D eigenvalue weighted by molar-refractivity contribution is 6.32. The van der Waals surface area contributed by atoms with Crippen molar-refractivity contribution in [3.05, 3.63) is 23.1 Å². The summed E-state index contributed by atoms with van der Waals surface area (Å²) in [5.41, 5.74) is 0.281. The quantitative estimate of drug-likeness (QED) is 0.871. The van der Waals surface area contributed by atoms with Gasteiger partial charge in [-0.1, -0.05) is 6.92 Å². The van der Waals surface area contributed by atoms with Gasteiger partial charge in [0.15, 0.2) is 0 Å². The van der Waals surface area contributed by atoms with Gasteiger partial charge in [-0.25, -0.2) is 0 Å². The minimum atomic E-state index is -0.297. The van der Waals surface area contributed by atoms with Gasteiger partial charge < -0.3 is 14.6 Å². The second-order valence-corrected chi connectivity index (χ2v) is 3.85. The molecule has 5 nitrogen and oxygen atoms in total. The van der Waals surface area contributed by atoms with Gasteiger partial charge in [-0.3, -0.25) is 9.59 Å². The summed E-state index contributed by atoms with van der Waals surface area (Å²) < 4.78 is 4.86. The largest absolute Gasteiger partial charge is 0.452 e. The Balaban J connectivity index is 2.80. The summed E-state index contributed by atoms with van der Waals surface area (Å²) in [6.07, 6.45) is 2.11. The van der Waals surface area contributed by atoms with Crippen LogP contribution in [0.4, 0.5) is 0 Å². The molecule has 0 aromatic carbocycles. The lowest BCUT2D eigenvalue weighted by Gasteiger charge is -2.20. The molecule has 0 radical (unpaired) electrons. The average Bonchev–Trinajstić information content (AvgIpc) is 2.73. The molecule has 0 unspecified atom stereocenters. The van der Waals surface area contributed by atoms with Gasteiger partial charge >= 0.3 is 0 Å². The maximum Gasteiger partial charge on any atom is 0.259 e. The maximum atomic E-state index is 12.1. The zero-order chi connectivity index (χ0) is 12.8. The first kappa shape index (κ1) is 13.6. The Kier molecular flexibility index (Phi) is 5.03. The van der Waals surface area contributed by atoms with Crippen LogP contribution in [0.1, 0.15) is 23.7 Å². The number of nitrogens with zero attached hydrogens (tertiary/aromatic N) is 1. The van der Waals surface area contributed by atoms with Crippen molar-refractivity contribution in [2.24, 2.45) is 0 Å². The Bertz CT molecular complexity index is 403. The van der Waals surface area contributed by atoms with Gasteiger partial charge in [-0.2, -0.15) is 0 Å². The lowest BCUT2D eigenvalue weighted by Crippen LogP contribution is -2.40. The minimum absolute atomic E-state index is 0.0185. The van der Waals surface area contributed by atoms with Crippen LogP contribution in [0.3, 0.4) is 0 Å². The SMILES string of the molecule is CCCN(CC(=O)NC)C(=O)c1ccoc1Cl. The summed E-state index contributed by atoms with van der Waals surface area (Å²) in [5, 5.41) is 2.53. The van der Waals surface area contributed by atoms with Crippen molar-refractivity contribution in [1.29, 1.82) is 0 Å². The predicted molar refractivity (Wildman–Crippen MR) is 64.0 cm³/mol. The molecule has 1 N–H and O–H groups in total. The number of halogens is 1. The van der Waals surface area contributed by atoms with E-state index in [9.17, 15) is 9.59 Å². The Morgan fingerprint density at radius 2 is 2.24 bits per heavy atom. The fourth-order valence-corrected chi connectivity index (χ4v) is 1.59. The van der Waals surface area contributed by atoms with Gasteiger partial charge in [0.25, 0.3) is 5.91 Å². The molecule has 1 heterocycles. The van der Waals surface area contributed by atoms with E-state index in [0.29, 0.717) is 6.54 Å². The molecular weight excluding hydrogens is 244 g/mol. The third-order valence-corrected chi connectivity index (χ3v) is 2.54. The van der Waals surface area contributed by atoms with Crippen LogP contribution < -0.4 is 5.32 Å². The fraction of sp³-hybridized carbons (Fsp3) is 0.455. The van der Waals surface area contributed by atoms with Gasteiger partial charge in [0.1, 0.15) is 0 Å². The molecule has 0 fully saturated rings. The molecule has 0 saturated carbocycles. The van der Waals surface area contributed by atoms with Gasteiger partial charge in [0.05, 0.1) is 18.4 Å².